The lowest BCUT2D eigenvalue weighted by Gasteiger charge is -2.32. The Kier molecular flexibility index (Phi) is 5.54. The minimum atomic E-state index is -0.103. The smallest absolute Gasteiger partial charge is 0.290 e. The van der Waals surface area contributed by atoms with Crippen LogP contribution < -0.4 is 10.6 Å². The molecule has 2 N–H and O–H groups in total. The van der Waals surface area contributed by atoms with Crippen LogP contribution in [0.2, 0.25) is 0 Å². The van der Waals surface area contributed by atoms with E-state index in [1.165, 1.54) is 6.26 Å². The van der Waals surface area contributed by atoms with Crippen molar-refractivity contribution in [3.63, 3.8) is 0 Å². The Morgan fingerprint density at radius 1 is 1.21 bits per heavy atom. The highest BCUT2D eigenvalue weighted by Gasteiger charge is 2.26. The Morgan fingerprint density at radius 3 is 2.46 bits per heavy atom. The Morgan fingerprint density at radius 2 is 1.92 bits per heavy atom. The van der Waals surface area contributed by atoms with Crippen molar-refractivity contribution < 1.29 is 9.21 Å². The molecule has 0 fully saturated rings. The topological polar surface area (TPSA) is 62.7 Å². The van der Waals surface area contributed by atoms with Gasteiger partial charge in [-0.05, 0) is 48.7 Å². The predicted molar refractivity (Wildman–Crippen MR) is 98.1 cm³/mol. The third kappa shape index (κ3) is 3.91. The lowest BCUT2D eigenvalue weighted by Crippen LogP contribution is -2.41. The van der Waals surface area contributed by atoms with Crippen LogP contribution in [-0.2, 0) is 6.54 Å². The molecule has 0 radical (unpaired) electrons. The van der Waals surface area contributed by atoms with Gasteiger partial charge in [-0.25, -0.2) is 0 Å². The fourth-order valence-electron chi connectivity index (χ4n) is 2.65. The lowest BCUT2D eigenvalue weighted by molar-refractivity contribution is 0.0595. The Balaban J connectivity index is 2.39. The molecule has 5 nitrogen and oxygen atoms in total. The lowest BCUT2D eigenvalue weighted by atomic mass is 10.0. The van der Waals surface area contributed by atoms with E-state index in [1.54, 1.807) is 12.1 Å². The van der Waals surface area contributed by atoms with Gasteiger partial charge in [-0.15, -0.1) is 0 Å². The average molecular weight is 329 g/mol. The first-order valence-electron chi connectivity index (χ1n) is 8.21. The summed E-state index contributed by atoms with van der Waals surface area (Å²) in [5, 5.41) is 0. The van der Waals surface area contributed by atoms with Gasteiger partial charge in [-0.2, -0.15) is 0 Å². The number of furan rings is 1. The van der Waals surface area contributed by atoms with Crippen molar-refractivity contribution in [2.75, 3.05) is 24.7 Å². The molecule has 1 atom stereocenters. The third-order valence-corrected chi connectivity index (χ3v) is 4.38. The maximum absolute atomic E-state index is 12.9. The minimum absolute atomic E-state index is 0.0686. The fraction of sp³-hybridized carbons (Fsp3) is 0.421. The first kappa shape index (κ1) is 17.9. The normalized spacial score (nSPS) is 12.2. The molecule has 0 spiro atoms. The number of carbonyl (C=O) groups excluding carboxylic acids is 1. The number of amides is 1. The Bertz CT molecular complexity index is 678. The molecule has 5 heteroatoms. The summed E-state index contributed by atoms with van der Waals surface area (Å²) in [7, 11) is 3.97. The van der Waals surface area contributed by atoms with E-state index in [2.05, 4.69) is 20.8 Å². The summed E-state index contributed by atoms with van der Waals surface area (Å²) in [4.78, 5) is 16.8. The van der Waals surface area contributed by atoms with Gasteiger partial charge in [0, 0.05) is 38.1 Å². The molecule has 0 aliphatic heterocycles. The van der Waals surface area contributed by atoms with Crippen molar-refractivity contribution in [2.24, 2.45) is 5.92 Å². The zero-order valence-electron chi connectivity index (χ0n) is 15.1. The van der Waals surface area contributed by atoms with Crippen molar-refractivity contribution in [1.82, 2.24) is 4.90 Å². The summed E-state index contributed by atoms with van der Waals surface area (Å²) in [5.41, 5.74) is 8.74. The maximum Gasteiger partial charge on any atom is 0.290 e. The molecule has 0 saturated heterocycles. The monoisotopic (exact) mass is 329 g/mol. The van der Waals surface area contributed by atoms with Crippen molar-refractivity contribution in [1.29, 1.82) is 0 Å². The van der Waals surface area contributed by atoms with Crippen LogP contribution in [0.5, 0.6) is 0 Å². The molecule has 0 saturated carbocycles. The molecular weight excluding hydrogens is 302 g/mol. The SMILES string of the molecule is CC(C)C(C)N(Cc1cc(N)ccc1N(C)C)C(=O)c1ccco1. The van der Waals surface area contributed by atoms with Crippen LogP contribution in [0.1, 0.15) is 36.9 Å². The molecule has 1 unspecified atom stereocenters. The van der Waals surface area contributed by atoms with Crippen LogP contribution in [0.25, 0.3) is 0 Å². The van der Waals surface area contributed by atoms with Gasteiger partial charge in [0.15, 0.2) is 5.76 Å². The van der Waals surface area contributed by atoms with E-state index in [9.17, 15) is 4.79 Å². The fourth-order valence-corrected chi connectivity index (χ4v) is 2.65. The molecule has 2 rings (SSSR count). The third-order valence-electron chi connectivity index (χ3n) is 4.38. The van der Waals surface area contributed by atoms with Gasteiger partial charge in [0.2, 0.25) is 0 Å². The first-order chi connectivity index (χ1) is 11.3. The molecule has 1 heterocycles. The molecule has 1 aromatic heterocycles. The van der Waals surface area contributed by atoms with Gasteiger partial charge < -0.3 is 20.0 Å². The summed E-state index contributed by atoms with van der Waals surface area (Å²) < 4.78 is 5.32. The van der Waals surface area contributed by atoms with Gasteiger partial charge in [-0.1, -0.05) is 13.8 Å². The van der Waals surface area contributed by atoms with E-state index in [1.807, 2.05) is 42.1 Å². The van der Waals surface area contributed by atoms with Gasteiger partial charge in [0.25, 0.3) is 5.91 Å². The zero-order chi connectivity index (χ0) is 17.9. The average Bonchev–Trinajstić information content (AvgIpc) is 3.05. The number of hydrogen-bond acceptors (Lipinski definition) is 4. The number of rotatable bonds is 6. The molecule has 0 bridgehead atoms. The summed E-state index contributed by atoms with van der Waals surface area (Å²) >= 11 is 0. The van der Waals surface area contributed by atoms with Crippen molar-refractivity contribution in [3.8, 4) is 0 Å². The first-order valence-corrected chi connectivity index (χ1v) is 8.21. The second-order valence-electron chi connectivity index (χ2n) is 6.68. The van der Waals surface area contributed by atoms with Crippen molar-refractivity contribution >= 4 is 17.3 Å². The van der Waals surface area contributed by atoms with E-state index < -0.39 is 0 Å². The molecule has 130 valence electrons. The van der Waals surface area contributed by atoms with E-state index in [-0.39, 0.29) is 11.9 Å². The van der Waals surface area contributed by atoms with Crippen LogP contribution >= 0.6 is 0 Å². The van der Waals surface area contributed by atoms with Gasteiger partial charge in [0.05, 0.1) is 6.26 Å². The van der Waals surface area contributed by atoms with Gasteiger partial charge >= 0.3 is 0 Å². The molecule has 1 amide bonds. The van der Waals surface area contributed by atoms with Crippen LogP contribution in [0.4, 0.5) is 11.4 Å². The molecule has 0 aliphatic carbocycles. The van der Waals surface area contributed by atoms with Crippen molar-refractivity contribution in [3.05, 3.63) is 47.9 Å². The highest BCUT2D eigenvalue weighted by atomic mass is 16.3. The Hall–Kier alpha value is -2.43. The number of carbonyl (C=O) groups is 1. The summed E-state index contributed by atoms with van der Waals surface area (Å²) in [6.45, 7) is 6.77. The summed E-state index contributed by atoms with van der Waals surface area (Å²) in [5.74, 6) is 0.582. The van der Waals surface area contributed by atoms with Crippen LogP contribution in [-0.4, -0.2) is 30.9 Å². The van der Waals surface area contributed by atoms with Crippen molar-refractivity contribution in [2.45, 2.75) is 33.4 Å². The number of nitrogens with two attached hydrogens (primary N) is 1. The molecule has 1 aromatic carbocycles. The predicted octanol–water partition coefficient (Wildman–Crippen LogP) is 3.61. The van der Waals surface area contributed by atoms with Crippen LogP contribution in [0.3, 0.4) is 0 Å². The highest BCUT2D eigenvalue weighted by Crippen LogP contribution is 2.26. The van der Waals surface area contributed by atoms with Gasteiger partial charge in [0.1, 0.15) is 0 Å². The molecule has 2 aromatic rings. The largest absolute Gasteiger partial charge is 0.459 e. The van der Waals surface area contributed by atoms with Gasteiger partial charge in [-0.3, -0.25) is 4.79 Å². The number of benzene rings is 1. The molecular formula is C19H27N3O2. The standard InChI is InChI=1S/C19H27N3O2/c1-13(2)14(3)22(19(23)18-7-6-10-24-18)12-15-11-16(20)8-9-17(15)21(4)5/h6-11,13-14H,12,20H2,1-5H3. The number of hydrogen-bond donors (Lipinski definition) is 1. The molecule has 24 heavy (non-hydrogen) atoms. The number of nitrogen functional groups attached to an aromatic ring is 1. The Labute approximate surface area is 144 Å². The quantitative estimate of drug-likeness (QED) is 0.822. The van der Waals surface area contributed by atoms with Crippen LogP contribution in [0, 0.1) is 5.92 Å². The van der Waals surface area contributed by atoms with E-state index in [4.69, 9.17) is 10.2 Å². The minimum Gasteiger partial charge on any atom is -0.459 e. The summed E-state index contributed by atoms with van der Waals surface area (Å²) in [6.07, 6.45) is 1.53. The number of nitrogens with zero attached hydrogens (tertiary/aromatic N) is 2. The highest BCUT2D eigenvalue weighted by molar-refractivity contribution is 5.91. The number of anilines is 2. The summed E-state index contributed by atoms with van der Waals surface area (Å²) in [6, 6.07) is 9.30. The van der Waals surface area contributed by atoms with Crippen LogP contribution in [0.15, 0.2) is 41.0 Å². The zero-order valence-corrected chi connectivity index (χ0v) is 15.1. The van der Waals surface area contributed by atoms with E-state index >= 15 is 0 Å². The second-order valence-corrected chi connectivity index (χ2v) is 6.68. The van der Waals surface area contributed by atoms with E-state index in [0.29, 0.717) is 23.9 Å². The molecule has 0 aliphatic rings. The van der Waals surface area contributed by atoms with E-state index in [0.717, 1.165) is 11.3 Å². The second kappa shape index (κ2) is 7.43. The maximum atomic E-state index is 12.9.